The zero-order chi connectivity index (χ0) is 17.9. The van der Waals surface area contributed by atoms with E-state index in [1.807, 2.05) is 30.3 Å². The maximum Gasteiger partial charge on any atom is 0.254 e. The number of hydrogen-bond acceptors (Lipinski definition) is 4. The quantitative estimate of drug-likeness (QED) is 0.734. The lowest BCUT2D eigenvalue weighted by molar-refractivity contribution is 0.0932. The van der Waals surface area contributed by atoms with E-state index in [4.69, 9.17) is 16.0 Å². The molecule has 1 saturated heterocycles. The Balaban J connectivity index is 1.43. The van der Waals surface area contributed by atoms with Crippen molar-refractivity contribution in [3.05, 3.63) is 59.5 Å². The summed E-state index contributed by atoms with van der Waals surface area (Å²) in [5.74, 6) is 0.784. The Hall–Kier alpha value is -2.73. The number of furan rings is 1. The van der Waals surface area contributed by atoms with Crippen LogP contribution in [0.2, 0.25) is 5.02 Å². The highest BCUT2D eigenvalue weighted by molar-refractivity contribution is 6.30. The summed E-state index contributed by atoms with van der Waals surface area (Å²) in [6, 6.07) is 11.4. The maximum atomic E-state index is 12.2. The van der Waals surface area contributed by atoms with Gasteiger partial charge in [-0.3, -0.25) is 9.89 Å². The first-order valence-electron chi connectivity index (χ1n) is 8.58. The van der Waals surface area contributed by atoms with Crippen LogP contribution >= 0.6 is 11.6 Å². The third kappa shape index (κ3) is 3.60. The molecule has 2 N–H and O–H groups in total. The molecule has 134 valence electrons. The maximum absolute atomic E-state index is 12.2. The molecule has 1 atom stereocenters. The van der Waals surface area contributed by atoms with Crippen molar-refractivity contribution >= 4 is 23.3 Å². The monoisotopic (exact) mass is 370 g/mol. The average Bonchev–Trinajstić information content (AvgIpc) is 3.35. The Morgan fingerprint density at radius 1 is 1.31 bits per heavy atom. The standard InChI is InChI=1S/C19H19ClN4O2/c20-15-5-3-13(4-6-15)17-10-18(23-22-17)24-8-1-2-16(11-24)21-19(25)14-7-9-26-12-14/h3-7,9-10,12,16H,1-2,8,11H2,(H,21,25)(H,22,23). The minimum atomic E-state index is -0.102. The number of nitrogens with one attached hydrogen (secondary N) is 2. The van der Waals surface area contributed by atoms with Crippen molar-refractivity contribution in [3.8, 4) is 11.3 Å². The van der Waals surface area contributed by atoms with E-state index in [-0.39, 0.29) is 11.9 Å². The van der Waals surface area contributed by atoms with E-state index in [0.717, 1.165) is 43.0 Å². The van der Waals surface area contributed by atoms with Crippen molar-refractivity contribution in [2.45, 2.75) is 18.9 Å². The molecule has 4 rings (SSSR count). The molecule has 7 heteroatoms. The predicted molar refractivity (Wildman–Crippen MR) is 100 cm³/mol. The molecule has 1 amide bonds. The number of amides is 1. The third-order valence-electron chi connectivity index (χ3n) is 4.58. The highest BCUT2D eigenvalue weighted by atomic mass is 35.5. The highest BCUT2D eigenvalue weighted by Crippen LogP contribution is 2.25. The van der Waals surface area contributed by atoms with Gasteiger partial charge in [0.05, 0.1) is 17.5 Å². The summed E-state index contributed by atoms with van der Waals surface area (Å²) in [4.78, 5) is 14.4. The van der Waals surface area contributed by atoms with E-state index in [9.17, 15) is 4.79 Å². The largest absolute Gasteiger partial charge is 0.472 e. The van der Waals surface area contributed by atoms with Crippen LogP contribution in [-0.2, 0) is 0 Å². The molecule has 1 aliphatic heterocycles. The molecule has 0 bridgehead atoms. The van der Waals surface area contributed by atoms with Crippen LogP contribution in [0.4, 0.5) is 5.82 Å². The number of piperidine rings is 1. The number of nitrogens with zero attached hydrogens (tertiary/aromatic N) is 2. The average molecular weight is 371 g/mol. The van der Waals surface area contributed by atoms with Crippen LogP contribution in [0, 0.1) is 0 Å². The molecule has 1 aromatic carbocycles. The van der Waals surface area contributed by atoms with Gasteiger partial charge >= 0.3 is 0 Å². The summed E-state index contributed by atoms with van der Waals surface area (Å²) in [6.45, 7) is 1.65. The Morgan fingerprint density at radius 2 is 2.15 bits per heavy atom. The lowest BCUT2D eigenvalue weighted by Crippen LogP contribution is -2.47. The van der Waals surface area contributed by atoms with Crippen LogP contribution in [0.5, 0.6) is 0 Å². The molecule has 26 heavy (non-hydrogen) atoms. The van der Waals surface area contributed by atoms with Crippen molar-refractivity contribution in [1.29, 1.82) is 0 Å². The van der Waals surface area contributed by atoms with Gasteiger partial charge in [-0.2, -0.15) is 5.10 Å². The van der Waals surface area contributed by atoms with E-state index in [1.165, 1.54) is 12.5 Å². The topological polar surface area (TPSA) is 74.2 Å². The summed E-state index contributed by atoms with van der Waals surface area (Å²) < 4.78 is 4.97. The second-order valence-electron chi connectivity index (χ2n) is 6.42. The number of anilines is 1. The number of halogens is 1. The van der Waals surface area contributed by atoms with Gasteiger partial charge < -0.3 is 14.6 Å². The first-order chi connectivity index (χ1) is 12.7. The zero-order valence-corrected chi connectivity index (χ0v) is 14.9. The van der Waals surface area contributed by atoms with Gasteiger partial charge in [0.2, 0.25) is 0 Å². The van der Waals surface area contributed by atoms with Crippen LogP contribution in [0.3, 0.4) is 0 Å². The van der Waals surface area contributed by atoms with Crippen LogP contribution < -0.4 is 10.2 Å². The SMILES string of the molecule is O=C(NC1CCCN(c2cc(-c3ccc(Cl)cc3)[nH]n2)C1)c1ccoc1. The minimum absolute atomic E-state index is 0.0850. The van der Waals surface area contributed by atoms with E-state index in [0.29, 0.717) is 10.6 Å². The fourth-order valence-corrected chi connectivity index (χ4v) is 3.34. The summed E-state index contributed by atoms with van der Waals surface area (Å²) in [5.41, 5.74) is 2.53. The normalized spacial score (nSPS) is 17.3. The molecule has 3 heterocycles. The second kappa shape index (κ2) is 7.25. The Bertz CT molecular complexity index is 873. The van der Waals surface area contributed by atoms with Gasteiger partial charge in [-0.05, 0) is 36.6 Å². The second-order valence-corrected chi connectivity index (χ2v) is 6.85. The number of hydrogen-bond donors (Lipinski definition) is 2. The summed E-state index contributed by atoms with van der Waals surface area (Å²) in [7, 11) is 0. The Kier molecular flexibility index (Phi) is 4.67. The van der Waals surface area contributed by atoms with E-state index < -0.39 is 0 Å². The van der Waals surface area contributed by atoms with Crippen LogP contribution in [-0.4, -0.2) is 35.2 Å². The molecular formula is C19H19ClN4O2. The summed E-state index contributed by atoms with van der Waals surface area (Å²) in [5, 5.41) is 11.3. The number of aromatic amines is 1. The van der Waals surface area contributed by atoms with Crippen molar-refractivity contribution in [1.82, 2.24) is 15.5 Å². The number of H-pyrrole nitrogens is 1. The molecule has 6 nitrogen and oxygen atoms in total. The molecule has 2 aromatic heterocycles. The number of aromatic nitrogens is 2. The van der Waals surface area contributed by atoms with Crippen molar-refractivity contribution in [2.24, 2.45) is 0 Å². The molecule has 1 fully saturated rings. The molecule has 3 aromatic rings. The van der Waals surface area contributed by atoms with Gasteiger partial charge in [0, 0.05) is 30.2 Å². The van der Waals surface area contributed by atoms with E-state index >= 15 is 0 Å². The number of carbonyl (C=O) groups excluding carboxylic acids is 1. The van der Waals surface area contributed by atoms with Crippen LogP contribution in [0.1, 0.15) is 23.2 Å². The third-order valence-corrected chi connectivity index (χ3v) is 4.84. The van der Waals surface area contributed by atoms with Gasteiger partial charge in [0.15, 0.2) is 5.82 Å². The molecule has 0 saturated carbocycles. The lowest BCUT2D eigenvalue weighted by atomic mass is 10.1. The van der Waals surface area contributed by atoms with Crippen LogP contribution in [0.15, 0.2) is 53.3 Å². The fraction of sp³-hybridized carbons (Fsp3) is 0.263. The van der Waals surface area contributed by atoms with Crippen molar-refractivity contribution in [3.63, 3.8) is 0 Å². The molecule has 0 radical (unpaired) electrons. The van der Waals surface area contributed by atoms with E-state index in [1.54, 1.807) is 6.07 Å². The van der Waals surface area contributed by atoms with E-state index in [2.05, 4.69) is 20.4 Å². The van der Waals surface area contributed by atoms with Gasteiger partial charge in [-0.15, -0.1) is 0 Å². The number of rotatable bonds is 4. The zero-order valence-electron chi connectivity index (χ0n) is 14.1. The molecule has 1 aliphatic rings. The first kappa shape index (κ1) is 16.7. The number of carbonyl (C=O) groups is 1. The predicted octanol–water partition coefficient (Wildman–Crippen LogP) is 3.72. The molecule has 0 aliphatic carbocycles. The minimum Gasteiger partial charge on any atom is -0.472 e. The van der Waals surface area contributed by atoms with Gasteiger partial charge in [-0.1, -0.05) is 23.7 Å². The highest BCUT2D eigenvalue weighted by Gasteiger charge is 2.24. The summed E-state index contributed by atoms with van der Waals surface area (Å²) >= 11 is 5.95. The first-order valence-corrected chi connectivity index (χ1v) is 8.96. The van der Waals surface area contributed by atoms with Gasteiger partial charge in [-0.25, -0.2) is 0 Å². The molecule has 0 spiro atoms. The fourth-order valence-electron chi connectivity index (χ4n) is 3.22. The Labute approximate surface area is 156 Å². The molecule has 1 unspecified atom stereocenters. The Morgan fingerprint density at radius 3 is 2.92 bits per heavy atom. The van der Waals surface area contributed by atoms with Gasteiger partial charge in [0.25, 0.3) is 5.91 Å². The van der Waals surface area contributed by atoms with Gasteiger partial charge in [0.1, 0.15) is 6.26 Å². The smallest absolute Gasteiger partial charge is 0.254 e. The number of benzene rings is 1. The molecular weight excluding hydrogens is 352 g/mol. The van der Waals surface area contributed by atoms with Crippen LogP contribution in [0.25, 0.3) is 11.3 Å². The van der Waals surface area contributed by atoms with Crippen molar-refractivity contribution < 1.29 is 9.21 Å². The van der Waals surface area contributed by atoms with Crippen molar-refractivity contribution in [2.75, 3.05) is 18.0 Å². The summed E-state index contributed by atoms with van der Waals surface area (Å²) in [6.07, 6.45) is 4.92. The lowest BCUT2D eigenvalue weighted by Gasteiger charge is -2.33.